The highest BCUT2D eigenvalue weighted by Gasteiger charge is 2.56. The van der Waals surface area contributed by atoms with Gasteiger partial charge in [-0.3, -0.25) is 9.59 Å². The molecule has 0 spiro atoms. The minimum atomic E-state index is -0.702. The molecule has 2 aliphatic heterocycles. The normalized spacial score (nSPS) is 23.6. The summed E-state index contributed by atoms with van der Waals surface area (Å²) in [4.78, 5) is 28.5. The van der Waals surface area contributed by atoms with E-state index in [2.05, 4.69) is 20.7 Å². The number of nitrogens with zero attached hydrogens (tertiary/aromatic N) is 5. The van der Waals surface area contributed by atoms with Gasteiger partial charge in [0.25, 0.3) is 0 Å². The van der Waals surface area contributed by atoms with Crippen molar-refractivity contribution in [2.24, 2.45) is 11.3 Å². The number of nitrogens with one attached hydrogen (secondary N) is 1. The zero-order chi connectivity index (χ0) is 19.6. The summed E-state index contributed by atoms with van der Waals surface area (Å²) in [5.74, 6) is -0.215. The maximum absolute atomic E-state index is 13.0. The number of benzene rings is 1. The van der Waals surface area contributed by atoms with Crippen LogP contribution >= 0.6 is 11.6 Å². The molecule has 9 nitrogen and oxygen atoms in total. The summed E-state index contributed by atoms with van der Waals surface area (Å²) in [5.41, 5.74) is 0.288. The second-order valence-corrected chi connectivity index (χ2v) is 7.61. The topological polar surface area (TPSA) is 102 Å². The van der Waals surface area contributed by atoms with E-state index in [4.69, 9.17) is 16.3 Å². The Morgan fingerprint density at radius 1 is 1.36 bits per heavy atom. The zero-order valence-corrected chi connectivity index (χ0v) is 16.0. The fourth-order valence-corrected chi connectivity index (χ4v) is 4.15. The van der Waals surface area contributed by atoms with Gasteiger partial charge in [-0.15, -0.1) is 10.2 Å². The summed E-state index contributed by atoms with van der Waals surface area (Å²) in [6.07, 6.45) is 1.93. The molecule has 1 aromatic heterocycles. The number of tetrazole rings is 1. The van der Waals surface area contributed by atoms with Crippen LogP contribution in [-0.4, -0.2) is 69.8 Å². The molecule has 2 amide bonds. The third kappa shape index (κ3) is 3.59. The molecule has 2 aliphatic rings. The van der Waals surface area contributed by atoms with Crippen LogP contribution in [0.3, 0.4) is 0 Å². The number of likely N-dealkylation sites (tertiary alicyclic amines) is 1. The molecule has 0 radical (unpaired) electrons. The van der Waals surface area contributed by atoms with Crippen LogP contribution in [0.1, 0.15) is 5.56 Å². The number of aromatic nitrogens is 4. The summed E-state index contributed by atoms with van der Waals surface area (Å²) in [7, 11) is 0. The summed E-state index contributed by atoms with van der Waals surface area (Å²) in [5, 5.41) is 14.9. The fraction of sp³-hybridized carbons (Fsp3) is 0.500. The standard InChI is InChI=1S/C18H21ClN6O3/c19-15-4-2-1-3-13(15)5-6-20-17(27)18-10-24(7-14(18)9-28-11-18)16(26)8-25-22-12-21-23-25/h1-4,12,14H,5-11H2,(H,20,27)/t14-,18-/m1/s1. The van der Waals surface area contributed by atoms with E-state index in [1.807, 2.05) is 24.3 Å². The van der Waals surface area contributed by atoms with Gasteiger partial charge in [0.05, 0.1) is 18.6 Å². The maximum Gasteiger partial charge on any atom is 0.246 e. The summed E-state index contributed by atoms with van der Waals surface area (Å²) < 4.78 is 5.59. The van der Waals surface area contributed by atoms with Gasteiger partial charge < -0.3 is 15.0 Å². The lowest BCUT2D eigenvalue weighted by molar-refractivity contribution is -0.134. The van der Waals surface area contributed by atoms with Crippen LogP contribution in [0.2, 0.25) is 5.02 Å². The molecule has 2 atom stereocenters. The Kier molecular flexibility index (Phi) is 5.27. The van der Waals surface area contributed by atoms with Crippen molar-refractivity contribution in [3.05, 3.63) is 41.2 Å². The number of carbonyl (C=O) groups excluding carboxylic acids is 2. The lowest BCUT2D eigenvalue weighted by Crippen LogP contribution is -2.47. The summed E-state index contributed by atoms with van der Waals surface area (Å²) >= 11 is 6.17. The number of hydrogen-bond acceptors (Lipinski definition) is 6. The molecule has 2 fully saturated rings. The van der Waals surface area contributed by atoms with Gasteiger partial charge in [-0.1, -0.05) is 29.8 Å². The Labute approximate surface area is 167 Å². The van der Waals surface area contributed by atoms with Crippen LogP contribution < -0.4 is 5.32 Å². The van der Waals surface area contributed by atoms with E-state index in [-0.39, 0.29) is 24.3 Å². The van der Waals surface area contributed by atoms with Crippen molar-refractivity contribution >= 4 is 23.4 Å². The number of carbonyl (C=O) groups is 2. The molecule has 0 saturated carbocycles. The van der Waals surface area contributed by atoms with E-state index in [1.165, 1.54) is 11.1 Å². The van der Waals surface area contributed by atoms with E-state index in [0.29, 0.717) is 44.3 Å². The Morgan fingerprint density at radius 2 is 2.21 bits per heavy atom. The molecule has 28 heavy (non-hydrogen) atoms. The van der Waals surface area contributed by atoms with Gasteiger partial charge in [-0.25, -0.2) is 0 Å². The summed E-state index contributed by atoms with van der Waals surface area (Å²) in [6.45, 7) is 2.12. The molecular formula is C18H21ClN6O3. The second kappa shape index (κ2) is 7.84. The Hall–Kier alpha value is -2.52. The van der Waals surface area contributed by atoms with E-state index in [1.54, 1.807) is 4.90 Å². The Morgan fingerprint density at radius 3 is 3.00 bits per heavy atom. The molecule has 1 aromatic carbocycles. The van der Waals surface area contributed by atoms with Crippen LogP contribution in [0.25, 0.3) is 0 Å². The lowest BCUT2D eigenvalue weighted by Gasteiger charge is -2.26. The molecule has 4 rings (SSSR count). The fourth-order valence-electron chi connectivity index (χ4n) is 3.92. The number of halogens is 1. The first-order valence-electron chi connectivity index (χ1n) is 9.16. The van der Waals surface area contributed by atoms with Crippen molar-refractivity contribution in [2.45, 2.75) is 13.0 Å². The quantitative estimate of drug-likeness (QED) is 0.735. The van der Waals surface area contributed by atoms with Crippen LogP contribution in [0.4, 0.5) is 0 Å². The van der Waals surface area contributed by atoms with Crippen molar-refractivity contribution in [1.82, 2.24) is 30.4 Å². The minimum Gasteiger partial charge on any atom is -0.380 e. The van der Waals surface area contributed by atoms with Crippen LogP contribution in [0, 0.1) is 11.3 Å². The smallest absolute Gasteiger partial charge is 0.246 e. The maximum atomic E-state index is 13.0. The van der Waals surface area contributed by atoms with Crippen molar-refractivity contribution in [3.63, 3.8) is 0 Å². The van der Waals surface area contributed by atoms with Gasteiger partial charge in [0, 0.05) is 30.6 Å². The SMILES string of the molecule is O=C(Cn1ncnn1)N1C[C@@H]2COC[C@]2(C(=O)NCCc2ccccc2Cl)C1. The molecule has 2 saturated heterocycles. The molecule has 148 valence electrons. The van der Waals surface area contributed by atoms with Crippen molar-refractivity contribution in [3.8, 4) is 0 Å². The highest BCUT2D eigenvalue weighted by molar-refractivity contribution is 6.31. The van der Waals surface area contributed by atoms with Crippen LogP contribution in [0.15, 0.2) is 30.6 Å². The van der Waals surface area contributed by atoms with Gasteiger partial charge >= 0.3 is 0 Å². The molecule has 10 heteroatoms. The Bertz CT molecular complexity index is 861. The lowest BCUT2D eigenvalue weighted by atomic mass is 9.80. The second-order valence-electron chi connectivity index (χ2n) is 7.21. The van der Waals surface area contributed by atoms with Crippen LogP contribution in [-0.2, 0) is 27.3 Å². The molecule has 0 aliphatic carbocycles. The predicted octanol–water partition coefficient (Wildman–Crippen LogP) is 0.160. The third-order valence-corrected chi connectivity index (χ3v) is 5.85. The Balaban J connectivity index is 1.37. The third-order valence-electron chi connectivity index (χ3n) is 5.48. The van der Waals surface area contributed by atoms with Crippen LogP contribution in [0.5, 0.6) is 0 Å². The highest BCUT2D eigenvalue weighted by Crippen LogP contribution is 2.41. The molecule has 0 bridgehead atoms. The first kappa shape index (κ1) is 18.8. The average molecular weight is 405 g/mol. The monoisotopic (exact) mass is 404 g/mol. The zero-order valence-electron chi connectivity index (χ0n) is 15.3. The first-order chi connectivity index (χ1) is 13.6. The largest absolute Gasteiger partial charge is 0.380 e. The molecule has 2 aromatic rings. The van der Waals surface area contributed by atoms with Gasteiger partial charge in [0.15, 0.2) is 6.33 Å². The predicted molar refractivity (Wildman–Crippen MR) is 99.3 cm³/mol. The van der Waals surface area contributed by atoms with E-state index >= 15 is 0 Å². The van der Waals surface area contributed by atoms with Gasteiger partial charge in [0.1, 0.15) is 6.54 Å². The number of rotatable bonds is 6. The first-order valence-corrected chi connectivity index (χ1v) is 9.54. The van der Waals surface area contributed by atoms with Crippen molar-refractivity contribution in [2.75, 3.05) is 32.8 Å². The number of amides is 2. The average Bonchev–Trinajstić information content (AvgIpc) is 3.39. The minimum absolute atomic E-state index is 0.0117. The number of fused-ring (bicyclic) bond motifs is 1. The van der Waals surface area contributed by atoms with Gasteiger partial charge in [-0.2, -0.15) is 4.80 Å². The van der Waals surface area contributed by atoms with E-state index in [0.717, 1.165) is 5.56 Å². The van der Waals surface area contributed by atoms with E-state index in [9.17, 15) is 9.59 Å². The summed E-state index contributed by atoms with van der Waals surface area (Å²) in [6, 6.07) is 7.58. The van der Waals surface area contributed by atoms with Gasteiger partial charge in [0.2, 0.25) is 11.8 Å². The van der Waals surface area contributed by atoms with Crippen molar-refractivity contribution in [1.29, 1.82) is 0 Å². The van der Waals surface area contributed by atoms with E-state index < -0.39 is 5.41 Å². The van der Waals surface area contributed by atoms with Gasteiger partial charge in [-0.05, 0) is 23.3 Å². The molecule has 3 heterocycles. The highest BCUT2D eigenvalue weighted by atomic mass is 35.5. The van der Waals surface area contributed by atoms with Crippen molar-refractivity contribution < 1.29 is 14.3 Å². The molecule has 0 unspecified atom stereocenters. The number of hydrogen-bond donors (Lipinski definition) is 1. The number of ether oxygens (including phenoxy) is 1. The molecular weight excluding hydrogens is 384 g/mol. The molecule has 1 N–H and O–H groups in total.